The first-order valence-electron chi connectivity index (χ1n) is 6.82. The monoisotopic (exact) mass is 333 g/mol. The number of carboxylic acids is 1. The number of rotatable bonds is 5. The Morgan fingerprint density at radius 2 is 1.95 bits per heavy atom. The van der Waals surface area contributed by atoms with E-state index in [1.807, 2.05) is 0 Å². The lowest BCUT2D eigenvalue weighted by molar-refractivity contribution is -0.150. The van der Waals surface area contributed by atoms with Gasteiger partial charge in [-0.05, 0) is 12.0 Å². The van der Waals surface area contributed by atoms with Gasteiger partial charge in [-0.1, -0.05) is 30.3 Å². The first-order chi connectivity index (χ1) is 10.2. The molecule has 2 rings (SSSR count). The highest BCUT2D eigenvalue weighted by molar-refractivity contribution is 7.89. The van der Waals surface area contributed by atoms with Crippen LogP contribution in [0.25, 0.3) is 0 Å². The summed E-state index contributed by atoms with van der Waals surface area (Å²) in [5.74, 6) is -6.42. The molecule has 0 radical (unpaired) electrons. The third kappa shape index (κ3) is 4.23. The molecule has 1 fully saturated rings. The van der Waals surface area contributed by atoms with E-state index in [0.29, 0.717) is 4.31 Å². The molecule has 122 valence electrons. The highest BCUT2D eigenvalue weighted by Gasteiger charge is 2.46. The van der Waals surface area contributed by atoms with Crippen LogP contribution in [-0.4, -0.2) is 48.6 Å². The van der Waals surface area contributed by atoms with E-state index >= 15 is 0 Å². The van der Waals surface area contributed by atoms with Crippen LogP contribution < -0.4 is 0 Å². The molecular weight excluding hydrogens is 316 g/mol. The Kier molecular flexibility index (Phi) is 4.81. The number of alkyl halides is 2. The summed E-state index contributed by atoms with van der Waals surface area (Å²) < 4.78 is 52.2. The highest BCUT2D eigenvalue weighted by Crippen LogP contribution is 2.32. The van der Waals surface area contributed by atoms with E-state index in [1.54, 1.807) is 30.3 Å². The van der Waals surface area contributed by atoms with Gasteiger partial charge in [-0.3, -0.25) is 4.79 Å². The minimum atomic E-state index is -3.93. The Morgan fingerprint density at radius 3 is 2.55 bits per heavy atom. The SMILES string of the molecule is O=C(O)C1CN(S(=O)(=O)CCc2ccccc2)CC(F)(F)C1. The molecule has 0 bridgehead atoms. The van der Waals surface area contributed by atoms with Crippen LogP contribution in [0.15, 0.2) is 30.3 Å². The van der Waals surface area contributed by atoms with E-state index in [1.165, 1.54) is 0 Å². The Labute approximate surface area is 127 Å². The summed E-state index contributed by atoms with van der Waals surface area (Å²) in [5.41, 5.74) is 0.782. The van der Waals surface area contributed by atoms with Crippen LogP contribution in [0.4, 0.5) is 8.78 Å². The maximum Gasteiger partial charge on any atom is 0.308 e. The summed E-state index contributed by atoms with van der Waals surface area (Å²) in [4.78, 5) is 10.9. The van der Waals surface area contributed by atoms with Crippen LogP contribution in [0.1, 0.15) is 12.0 Å². The summed E-state index contributed by atoms with van der Waals surface area (Å²) in [6.07, 6.45) is -0.629. The van der Waals surface area contributed by atoms with Gasteiger partial charge in [-0.15, -0.1) is 0 Å². The molecule has 1 saturated heterocycles. The topological polar surface area (TPSA) is 74.7 Å². The molecule has 0 spiro atoms. The Morgan fingerprint density at radius 1 is 1.32 bits per heavy atom. The van der Waals surface area contributed by atoms with Gasteiger partial charge in [0.1, 0.15) is 0 Å². The van der Waals surface area contributed by atoms with Crippen LogP contribution in [0.3, 0.4) is 0 Å². The average Bonchev–Trinajstić information content (AvgIpc) is 2.44. The van der Waals surface area contributed by atoms with E-state index in [0.717, 1.165) is 5.56 Å². The molecule has 1 unspecified atom stereocenters. The number of carboxylic acid groups (broad SMARTS) is 1. The molecule has 1 atom stereocenters. The molecule has 1 aromatic carbocycles. The summed E-state index contributed by atoms with van der Waals surface area (Å²) in [5, 5.41) is 8.91. The smallest absolute Gasteiger partial charge is 0.308 e. The number of nitrogens with zero attached hydrogens (tertiary/aromatic N) is 1. The van der Waals surface area contributed by atoms with Gasteiger partial charge in [0.15, 0.2) is 0 Å². The first-order valence-corrected chi connectivity index (χ1v) is 8.43. The number of hydrogen-bond donors (Lipinski definition) is 1. The second-order valence-corrected chi connectivity index (χ2v) is 7.53. The van der Waals surface area contributed by atoms with Crippen molar-refractivity contribution in [3.05, 3.63) is 35.9 Å². The van der Waals surface area contributed by atoms with Gasteiger partial charge in [0.25, 0.3) is 5.92 Å². The number of sulfonamides is 1. The number of hydrogen-bond acceptors (Lipinski definition) is 3. The normalized spacial score (nSPS) is 22.4. The third-order valence-electron chi connectivity index (χ3n) is 3.61. The Balaban J connectivity index is 2.09. The largest absolute Gasteiger partial charge is 0.481 e. The molecule has 8 heteroatoms. The predicted molar refractivity (Wildman–Crippen MR) is 76.2 cm³/mol. The maximum absolute atomic E-state index is 13.6. The van der Waals surface area contributed by atoms with Gasteiger partial charge in [0.2, 0.25) is 10.0 Å². The molecule has 22 heavy (non-hydrogen) atoms. The standard InChI is InChI=1S/C14H17F2NO4S/c15-14(16)8-12(13(18)19)9-17(10-14)22(20,21)7-6-11-4-2-1-3-5-11/h1-5,12H,6-10H2,(H,18,19). The summed E-state index contributed by atoms with van der Waals surface area (Å²) >= 11 is 0. The second kappa shape index (κ2) is 6.29. The summed E-state index contributed by atoms with van der Waals surface area (Å²) in [6.45, 7) is -1.35. The lowest BCUT2D eigenvalue weighted by Gasteiger charge is -2.35. The van der Waals surface area contributed by atoms with Gasteiger partial charge in [-0.2, -0.15) is 4.31 Å². The predicted octanol–water partition coefficient (Wildman–Crippen LogP) is 1.60. The maximum atomic E-state index is 13.6. The number of halogens is 2. The highest BCUT2D eigenvalue weighted by atomic mass is 32.2. The number of benzene rings is 1. The van der Waals surface area contributed by atoms with Crippen LogP contribution in [0, 0.1) is 5.92 Å². The van der Waals surface area contributed by atoms with Crippen LogP contribution >= 0.6 is 0 Å². The van der Waals surface area contributed by atoms with E-state index in [4.69, 9.17) is 5.11 Å². The van der Waals surface area contributed by atoms with Gasteiger partial charge >= 0.3 is 5.97 Å². The quantitative estimate of drug-likeness (QED) is 0.888. The fourth-order valence-corrected chi connectivity index (χ4v) is 4.00. The molecule has 1 aromatic rings. The lowest BCUT2D eigenvalue weighted by atomic mass is 9.97. The van der Waals surface area contributed by atoms with Crippen molar-refractivity contribution in [2.45, 2.75) is 18.8 Å². The zero-order valence-electron chi connectivity index (χ0n) is 11.8. The van der Waals surface area contributed by atoms with Gasteiger partial charge in [-0.25, -0.2) is 17.2 Å². The molecule has 1 aliphatic rings. The van der Waals surface area contributed by atoms with Crippen molar-refractivity contribution in [3.8, 4) is 0 Å². The second-order valence-electron chi connectivity index (χ2n) is 5.44. The van der Waals surface area contributed by atoms with Crippen LogP contribution in [0.5, 0.6) is 0 Å². The minimum Gasteiger partial charge on any atom is -0.481 e. The molecule has 1 N–H and O–H groups in total. The van der Waals surface area contributed by atoms with Crippen molar-refractivity contribution >= 4 is 16.0 Å². The van der Waals surface area contributed by atoms with Gasteiger partial charge in [0.05, 0.1) is 18.2 Å². The number of carbonyl (C=O) groups is 1. The molecular formula is C14H17F2NO4S. The fourth-order valence-electron chi connectivity index (χ4n) is 2.46. The van der Waals surface area contributed by atoms with Gasteiger partial charge < -0.3 is 5.11 Å². The number of aryl methyl sites for hydroxylation is 1. The van der Waals surface area contributed by atoms with Crippen molar-refractivity contribution in [2.75, 3.05) is 18.8 Å². The molecule has 0 aromatic heterocycles. The molecule has 1 aliphatic heterocycles. The van der Waals surface area contributed by atoms with Crippen LogP contribution in [-0.2, 0) is 21.2 Å². The van der Waals surface area contributed by atoms with E-state index in [2.05, 4.69) is 0 Å². The molecule has 0 amide bonds. The minimum absolute atomic E-state index is 0.197. The molecule has 0 aliphatic carbocycles. The van der Waals surface area contributed by atoms with Crippen molar-refractivity contribution < 1.29 is 27.1 Å². The van der Waals surface area contributed by atoms with E-state index < -0.39 is 47.3 Å². The fraction of sp³-hybridized carbons (Fsp3) is 0.500. The van der Waals surface area contributed by atoms with Crippen molar-refractivity contribution in [1.82, 2.24) is 4.31 Å². The molecule has 5 nitrogen and oxygen atoms in total. The number of aliphatic carboxylic acids is 1. The molecule has 1 heterocycles. The Bertz CT molecular complexity index is 634. The zero-order valence-corrected chi connectivity index (χ0v) is 12.6. The number of piperidine rings is 1. The van der Waals surface area contributed by atoms with Crippen molar-refractivity contribution in [1.29, 1.82) is 0 Å². The van der Waals surface area contributed by atoms with Crippen molar-refractivity contribution in [3.63, 3.8) is 0 Å². The average molecular weight is 333 g/mol. The summed E-state index contributed by atoms with van der Waals surface area (Å²) in [7, 11) is -3.93. The lowest BCUT2D eigenvalue weighted by Crippen LogP contribution is -2.51. The van der Waals surface area contributed by atoms with Gasteiger partial charge in [0, 0.05) is 13.0 Å². The third-order valence-corrected chi connectivity index (χ3v) is 5.40. The van der Waals surface area contributed by atoms with E-state index in [9.17, 15) is 22.0 Å². The van der Waals surface area contributed by atoms with E-state index in [-0.39, 0.29) is 12.2 Å². The zero-order chi connectivity index (χ0) is 16.4. The molecule has 0 saturated carbocycles. The van der Waals surface area contributed by atoms with Crippen LogP contribution in [0.2, 0.25) is 0 Å². The van der Waals surface area contributed by atoms with Crippen molar-refractivity contribution in [2.24, 2.45) is 5.92 Å². The first kappa shape index (κ1) is 16.8. The summed E-state index contributed by atoms with van der Waals surface area (Å²) in [6, 6.07) is 8.82. The Hall–Kier alpha value is -1.54.